The van der Waals surface area contributed by atoms with Gasteiger partial charge in [-0.15, -0.1) is 0 Å². The molecule has 0 aliphatic carbocycles. The molecule has 0 spiro atoms. The monoisotopic (exact) mass is 316 g/mol. The van der Waals surface area contributed by atoms with Gasteiger partial charge in [0.1, 0.15) is 0 Å². The highest BCUT2D eigenvalue weighted by molar-refractivity contribution is 6.04. The Hall–Kier alpha value is -2.76. The summed E-state index contributed by atoms with van der Waals surface area (Å²) in [6, 6.07) is 10.4. The number of nitrogens with zero attached hydrogens (tertiary/aromatic N) is 1. The molecule has 0 radical (unpaired) electrons. The number of halogens is 1. The molecule has 1 amide bonds. The maximum atomic E-state index is 13.3. The number of rotatable bonds is 5. The summed E-state index contributed by atoms with van der Waals surface area (Å²) in [6.45, 7) is 4.23. The molecule has 6 heteroatoms. The third-order valence-corrected chi connectivity index (χ3v) is 3.26. The second kappa shape index (κ2) is 7.00. The first-order valence-corrected chi connectivity index (χ1v) is 7.21. The molecule has 23 heavy (non-hydrogen) atoms. The van der Waals surface area contributed by atoms with Gasteiger partial charge >= 0.3 is 5.69 Å². The number of nitro benzene ring substituents is 1. The summed E-state index contributed by atoms with van der Waals surface area (Å²) in [5, 5.41) is 13.2. The molecule has 2 aromatic rings. The molecule has 5 nitrogen and oxygen atoms in total. The van der Waals surface area contributed by atoms with Crippen molar-refractivity contribution in [3.05, 3.63) is 69.5 Å². The third kappa shape index (κ3) is 4.35. The summed E-state index contributed by atoms with van der Waals surface area (Å²) < 4.78 is 13.3. The van der Waals surface area contributed by atoms with Crippen LogP contribution in [-0.4, -0.2) is 10.8 Å². The van der Waals surface area contributed by atoms with Crippen LogP contribution in [0.25, 0.3) is 0 Å². The number of benzene rings is 2. The zero-order valence-corrected chi connectivity index (χ0v) is 12.9. The molecule has 0 saturated heterocycles. The van der Waals surface area contributed by atoms with Crippen LogP contribution in [0.15, 0.2) is 42.5 Å². The summed E-state index contributed by atoms with van der Waals surface area (Å²) in [4.78, 5) is 22.0. The van der Waals surface area contributed by atoms with Gasteiger partial charge in [-0.25, -0.2) is 0 Å². The molecular weight excluding hydrogens is 299 g/mol. The van der Waals surface area contributed by atoms with Gasteiger partial charge in [0.15, 0.2) is 0 Å². The fourth-order valence-corrected chi connectivity index (χ4v) is 2.20. The Balaban J connectivity index is 2.13. The average Bonchev–Trinajstić information content (AvgIpc) is 2.49. The van der Waals surface area contributed by atoms with Crippen molar-refractivity contribution in [2.24, 2.45) is 5.92 Å². The molecule has 0 fully saturated rings. The molecule has 0 unspecified atom stereocenters. The van der Waals surface area contributed by atoms with E-state index in [1.807, 2.05) is 12.1 Å². The second-order valence-corrected chi connectivity index (χ2v) is 5.67. The van der Waals surface area contributed by atoms with E-state index in [0.29, 0.717) is 11.5 Å². The number of anilines is 1. The van der Waals surface area contributed by atoms with Crippen LogP contribution in [0.1, 0.15) is 29.8 Å². The van der Waals surface area contributed by atoms with Crippen molar-refractivity contribution in [1.82, 2.24) is 0 Å². The van der Waals surface area contributed by atoms with Gasteiger partial charge in [-0.05, 0) is 42.2 Å². The lowest BCUT2D eigenvalue weighted by Crippen LogP contribution is -2.12. The van der Waals surface area contributed by atoms with Crippen LogP contribution in [0.4, 0.5) is 15.8 Å². The zero-order valence-electron chi connectivity index (χ0n) is 12.9. The van der Waals surface area contributed by atoms with Crippen molar-refractivity contribution in [2.75, 3.05) is 5.32 Å². The standard InChI is InChI=1S/C17H17FN2O3/c1-11(2)9-12-3-5-13(6-4-12)17(21)19-14-7-8-15(18)16(10-14)20(22)23/h3-8,10-11H,9H2,1-2H3,(H,19,21). The molecule has 0 saturated carbocycles. The van der Waals surface area contributed by atoms with Crippen molar-refractivity contribution in [3.63, 3.8) is 0 Å². The van der Waals surface area contributed by atoms with E-state index in [1.165, 1.54) is 6.07 Å². The van der Waals surface area contributed by atoms with Crippen LogP contribution in [0.3, 0.4) is 0 Å². The van der Waals surface area contributed by atoms with E-state index in [0.717, 1.165) is 24.1 Å². The normalized spacial score (nSPS) is 10.6. The molecule has 2 aromatic carbocycles. The Kier molecular flexibility index (Phi) is 5.05. The minimum atomic E-state index is -0.939. The number of nitrogens with one attached hydrogen (secondary N) is 1. The quantitative estimate of drug-likeness (QED) is 0.664. The van der Waals surface area contributed by atoms with Crippen LogP contribution in [0.5, 0.6) is 0 Å². The molecule has 0 aliphatic heterocycles. The van der Waals surface area contributed by atoms with Crippen LogP contribution < -0.4 is 5.32 Å². The molecule has 0 heterocycles. The Bertz CT molecular complexity index is 727. The topological polar surface area (TPSA) is 72.2 Å². The van der Waals surface area contributed by atoms with Gasteiger partial charge in [0.25, 0.3) is 5.91 Å². The van der Waals surface area contributed by atoms with Crippen LogP contribution >= 0.6 is 0 Å². The van der Waals surface area contributed by atoms with Gasteiger partial charge in [0, 0.05) is 17.3 Å². The molecule has 0 bridgehead atoms. The molecular formula is C17H17FN2O3. The highest BCUT2D eigenvalue weighted by Crippen LogP contribution is 2.22. The highest BCUT2D eigenvalue weighted by atomic mass is 19.1. The Morgan fingerprint density at radius 2 is 1.87 bits per heavy atom. The summed E-state index contributed by atoms with van der Waals surface area (Å²) in [6.07, 6.45) is 0.923. The van der Waals surface area contributed by atoms with Crippen molar-refractivity contribution >= 4 is 17.3 Å². The number of amides is 1. The average molecular weight is 316 g/mol. The lowest BCUT2D eigenvalue weighted by atomic mass is 10.0. The fourth-order valence-electron chi connectivity index (χ4n) is 2.20. The smallest absolute Gasteiger partial charge is 0.306 e. The molecule has 0 atom stereocenters. The summed E-state index contributed by atoms with van der Waals surface area (Å²) in [5.41, 5.74) is 1.07. The van der Waals surface area contributed by atoms with E-state index >= 15 is 0 Å². The van der Waals surface area contributed by atoms with Gasteiger partial charge in [-0.1, -0.05) is 26.0 Å². The lowest BCUT2D eigenvalue weighted by Gasteiger charge is -2.08. The second-order valence-electron chi connectivity index (χ2n) is 5.67. The lowest BCUT2D eigenvalue weighted by molar-refractivity contribution is -0.387. The molecule has 1 N–H and O–H groups in total. The first-order chi connectivity index (χ1) is 10.9. The summed E-state index contributed by atoms with van der Waals surface area (Å²) in [7, 11) is 0. The molecule has 0 aromatic heterocycles. The minimum Gasteiger partial charge on any atom is -0.322 e. The minimum absolute atomic E-state index is 0.175. The van der Waals surface area contributed by atoms with Gasteiger partial charge in [0.2, 0.25) is 5.82 Å². The number of carbonyl (C=O) groups excluding carboxylic acids is 1. The maximum Gasteiger partial charge on any atom is 0.306 e. The largest absolute Gasteiger partial charge is 0.322 e. The predicted octanol–water partition coefficient (Wildman–Crippen LogP) is 4.18. The van der Waals surface area contributed by atoms with Crippen molar-refractivity contribution in [1.29, 1.82) is 0 Å². The Morgan fingerprint density at radius 3 is 2.43 bits per heavy atom. The Morgan fingerprint density at radius 1 is 1.22 bits per heavy atom. The van der Waals surface area contributed by atoms with E-state index < -0.39 is 22.3 Å². The molecule has 120 valence electrons. The fraction of sp³-hybridized carbons (Fsp3) is 0.235. The summed E-state index contributed by atoms with van der Waals surface area (Å²) in [5.74, 6) is -0.817. The van der Waals surface area contributed by atoms with E-state index in [9.17, 15) is 19.3 Å². The van der Waals surface area contributed by atoms with Crippen LogP contribution in [0, 0.1) is 21.8 Å². The first kappa shape index (κ1) is 16.6. The van der Waals surface area contributed by atoms with Crippen molar-refractivity contribution < 1.29 is 14.1 Å². The van der Waals surface area contributed by atoms with Gasteiger partial charge in [0.05, 0.1) is 4.92 Å². The summed E-state index contributed by atoms with van der Waals surface area (Å²) >= 11 is 0. The molecule has 2 rings (SSSR count). The Labute approximate surface area is 133 Å². The van der Waals surface area contributed by atoms with Crippen molar-refractivity contribution in [3.8, 4) is 0 Å². The van der Waals surface area contributed by atoms with Crippen LogP contribution in [-0.2, 0) is 6.42 Å². The van der Waals surface area contributed by atoms with Gasteiger partial charge < -0.3 is 5.32 Å². The van der Waals surface area contributed by atoms with Crippen LogP contribution in [0.2, 0.25) is 0 Å². The number of nitro groups is 1. The SMILES string of the molecule is CC(C)Cc1ccc(C(=O)Nc2ccc(F)c([N+](=O)[O-])c2)cc1. The van der Waals surface area contributed by atoms with Gasteiger partial charge in [-0.3, -0.25) is 14.9 Å². The maximum absolute atomic E-state index is 13.3. The number of hydrogen-bond donors (Lipinski definition) is 1. The first-order valence-electron chi connectivity index (χ1n) is 7.21. The van der Waals surface area contributed by atoms with Crippen molar-refractivity contribution in [2.45, 2.75) is 20.3 Å². The molecule has 0 aliphatic rings. The third-order valence-electron chi connectivity index (χ3n) is 3.26. The van der Waals surface area contributed by atoms with E-state index in [2.05, 4.69) is 19.2 Å². The van der Waals surface area contributed by atoms with Gasteiger partial charge in [-0.2, -0.15) is 4.39 Å². The predicted molar refractivity (Wildman–Crippen MR) is 86.0 cm³/mol. The van der Waals surface area contributed by atoms with E-state index in [1.54, 1.807) is 12.1 Å². The van der Waals surface area contributed by atoms with E-state index in [-0.39, 0.29) is 5.69 Å². The zero-order chi connectivity index (χ0) is 17.0. The number of hydrogen-bond acceptors (Lipinski definition) is 3. The number of carbonyl (C=O) groups is 1. The highest BCUT2D eigenvalue weighted by Gasteiger charge is 2.15. The van der Waals surface area contributed by atoms with E-state index in [4.69, 9.17) is 0 Å².